The first-order valence-electron chi connectivity index (χ1n) is 8.38. The molecule has 2 aromatic carbocycles. The molecule has 0 radical (unpaired) electrons. The number of nitrogens with one attached hydrogen (secondary N) is 1. The summed E-state index contributed by atoms with van der Waals surface area (Å²) < 4.78 is 27.4. The number of hydrogen-bond acceptors (Lipinski definition) is 3. The van der Waals surface area contributed by atoms with Crippen LogP contribution in [0.5, 0.6) is 0 Å². The number of amides is 1. The van der Waals surface area contributed by atoms with Crippen LogP contribution >= 0.6 is 11.6 Å². The number of sulfonamides is 1. The summed E-state index contributed by atoms with van der Waals surface area (Å²) in [6.07, 6.45) is 0.764. The number of rotatable bonds is 7. The Morgan fingerprint density at radius 1 is 1.12 bits per heavy atom. The SMILES string of the molecule is CC[C@@H](C)NC(=O)CN(c1ccc(C)cc1)S(=O)(=O)c1ccc(Cl)cc1. The molecule has 1 amide bonds. The molecule has 2 rings (SSSR count). The van der Waals surface area contributed by atoms with Crippen LogP contribution in [0, 0.1) is 6.92 Å². The molecule has 26 heavy (non-hydrogen) atoms. The van der Waals surface area contributed by atoms with Crippen molar-refractivity contribution >= 4 is 33.2 Å². The number of carbonyl (C=O) groups is 1. The monoisotopic (exact) mass is 394 g/mol. The molecular formula is C19H23ClN2O3S. The zero-order chi connectivity index (χ0) is 19.3. The largest absolute Gasteiger partial charge is 0.352 e. The number of carbonyl (C=O) groups excluding carboxylic acids is 1. The van der Waals surface area contributed by atoms with E-state index in [-0.39, 0.29) is 23.4 Å². The lowest BCUT2D eigenvalue weighted by Crippen LogP contribution is -2.43. The highest BCUT2D eigenvalue weighted by Gasteiger charge is 2.27. The average Bonchev–Trinajstić information content (AvgIpc) is 2.60. The third kappa shape index (κ3) is 4.99. The summed E-state index contributed by atoms with van der Waals surface area (Å²) in [7, 11) is -3.91. The molecule has 0 spiro atoms. The van der Waals surface area contributed by atoms with Crippen molar-refractivity contribution in [3.05, 3.63) is 59.1 Å². The average molecular weight is 395 g/mol. The van der Waals surface area contributed by atoms with Gasteiger partial charge in [-0.1, -0.05) is 36.2 Å². The number of benzene rings is 2. The minimum atomic E-state index is -3.91. The second-order valence-electron chi connectivity index (χ2n) is 6.18. The molecule has 2 aromatic rings. The molecular weight excluding hydrogens is 372 g/mol. The first-order valence-corrected chi connectivity index (χ1v) is 10.2. The number of halogens is 1. The highest BCUT2D eigenvalue weighted by molar-refractivity contribution is 7.92. The Morgan fingerprint density at radius 2 is 1.69 bits per heavy atom. The minimum absolute atomic E-state index is 0.0272. The highest BCUT2D eigenvalue weighted by atomic mass is 35.5. The molecule has 0 aromatic heterocycles. The van der Waals surface area contributed by atoms with E-state index in [9.17, 15) is 13.2 Å². The lowest BCUT2D eigenvalue weighted by molar-refractivity contribution is -0.120. The summed E-state index contributed by atoms with van der Waals surface area (Å²) in [5.74, 6) is -0.350. The first kappa shape index (κ1) is 20.3. The summed E-state index contributed by atoms with van der Waals surface area (Å²) in [6.45, 7) is 5.45. The molecule has 0 aliphatic rings. The second kappa shape index (κ2) is 8.56. The Hall–Kier alpha value is -2.05. The van der Waals surface area contributed by atoms with Gasteiger partial charge in [0, 0.05) is 11.1 Å². The molecule has 0 heterocycles. The van der Waals surface area contributed by atoms with Gasteiger partial charge in [0.1, 0.15) is 6.54 Å². The number of nitrogens with zero attached hydrogens (tertiary/aromatic N) is 1. The normalized spacial score (nSPS) is 12.5. The van der Waals surface area contributed by atoms with E-state index in [1.807, 2.05) is 32.9 Å². The maximum atomic E-state index is 13.1. The van der Waals surface area contributed by atoms with Crippen molar-refractivity contribution in [1.82, 2.24) is 5.32 Å². The molecule has 1 N–H and O–H groups in total. The zero-order valence-electron chi connectivity index (χ0n) is 15.1. The van der Waals surface area contributed by atoms with Gasteiger partial charge in [0.2, 0.25) is 5.91 Å². The number of hydrogen-bond donors (Lipinski definition) is 1. The molecule has 0 bridgehead atoms. The Kier molecular flexibility index (Phi) is 6.67. The molecule has 0 unspecified atom stereocenters. The summed E-state index contributed by atoms with van der Waals surface area (Å²) in [5.41, 5.74) is 1.44. The van der Waals surface area contributed by atoms with Gasteiger partial charge < -0.3 is 5.32 Å². The molecule has 0 saturated carbocycles. The maximum absolute atomic E-state index is 13.1. The summed E-state index contributed by atoms with van der Waals surface area (Å²) in [5, 5.41) is 3.25. The van der Waals surface area contributed by atoms with Crippen LogP contribution in [0.15, 0.2) is 53.4 Å². The fourth-order valence-electron chi connectivity index (χ4n) is 2.31. The van der Waals surface area contributed by atoms with Gasteiger partial charge in [-0.15, -0.1) is 0 Å². The Bertz CT molecular complexity index is 849. The number of anilines is 1. The summed E-state index contributed by atoms with van der Waals surface area (Å²) in [6, 6.07) is 12.9. The Balaban J connectivity index is 2.40. The van der Waals surface area contributed by atoms with Crippen molar-refractivity contribution in [3.8, 4) is 0 Å². The van der Waals surface area contributed by atoms with Gasteiger partial charge in [-0.3, -0.25) is 9.10 Å². The number of aryl methyl sites for hydroxylation is 1. The molecule has 7 heteroatoms. The van der Waals surface area contributed by atoms with E-state index >= 15 is 0 Å². The molecule has 0 saturated heterocycles. The lowest BCUT2D eigenvalue weighted by atomic mass is 10.2. The first-order chi connectivity index (χ1) is 12.2. The molecule has 1 atom stereocenters. The topological polar surface area (TPSA) is 66.5 Å². The lowest BCUT2D eigenvalue weighted by Gasteiger charge is -2.25. The van der Waals surface area contributed by atoms with Crippen LogP contribution in [0.25, 0.3) is 0 Å². The predicted molar refractivity (Wildman–Crippen MR) is 105 cm³/mol. The Labute approximate surface area is 160 Å². The fraction of sp³-hybridized carbons (Fsp3) is 0.316. The van der Waals surface area contributed by atoms with E-state index in [1.165, 1.54) is 24.3 Å². The van der Waals surface area contributed by atoms with E-state index in [0.29, 0.717) is 10.7 Å². The Morgan fingerprint density at radius 3 is 2.23 bits per heavy atom. The van der Waals surface area contributed by atoms with Gasteiger partial charge >= 0.3 is 0 Å². The highest BCUT2D eigenvalue weighted by Crippen LogP contribution is 2.25. The van der Waals surface area contributed by atoms with Gasteiger partial charge in [-0.2, -0.15) is 0 Å². The standard InChI is InChI=1S/C19H23ClN2O3S/c1-4-15(3)21-19(23)13-22(17-9-5-14(2)6-10-17)26(24,25)18-11-7-16(20)8-12-18/h5-12,15H,4,13H2,1-3H3,(H,21,23)/t15-/m1/s1. The molecule has 0 fully saturated rings. The van der Waals surface area contributed by atoms with Crippen LogP contribution in [0.4, 0.5) is 5.69 Å². The van der Waals surface area contributed by atoms with Crippen molar-refractivity contribution in [2.24, 2.45) is 0 Å². The molecule has 5 nitrogen and oxygen atoms in total. The van der Waals surface area contributed by atoms with E-state index in [0.717, 1.165) is 16.3 Å². The fourth-order valence-corrected chi connectivity index (χ4v) is 3.86. The molecule has 0 aliphatic carbocycles. The van der Waals surface area contributed by atoms with Crippen LogP contribution < -0.4 is 9.62 Å². The van der Waals surface area contributed by atoms with Gasteiger partial charge in [0.05, 0.1) is 10.6 Å². The van der Waals surface area contributed by atoms with E-state index in [2.05, 4.69) is 5.32 Å². The summed E-state index contributed by atoms with van der Waals surface area (Å²) in [4.78, 5) is 12.4. The van der Waals surface area contributed by atoms with Crippen LogP contribution in [0.2, 0.25) is 5.02 Å². The van der Waals surface area contributed by atoms with Crippen LogP contribution in [-0.4, -0.2) is 26.9 Å². The van der Waals surface area contributed by atoms with Crippen molar-refractivity contribution < 1.29 is 13.2 Å². The van der Waals surface area contributed by atoms with Crippen LogP contribution in [0.3, 0.4) is 0 Å². The van der Waals surface area contributed by atoms with Gasteiger partial charge in [0.15, 0.2) is 0 Å². The van der Waals surface area contributed by atoms with Crippen molar-refractivity contribution in [1.29, 1.82) is 0 Å². The third-order valence-electron chi connectivity index (χ3n) is 4.03. The van der Waals surface area contributed by atoms with Crippen molar-refractivity contribution in [2.45, 2.75) is 38.1 Å². The minimum Gasteiger partial charge on any atom is -0.352 e. The van der Waals surface area contributed by atoms with E-state index < -0.39 is 10.0 Å². The molecule has 0 aliphatic heterocycles. The summed E-state index contributed by atoms with van der Waals surface area (Å²) >= 11 is 5.86. The van der Waals surface area contributed by atoms with Crippen LogP contribution in [0.1, 0.15) is 25.8 Å². The van der Waals surface area contributed by atoms with E-state index in [4.69, 9.17) is 11.6 Å². The van der Waals surface area contributed by atoms with Crippen molar-refractivity contribution in [2.75, 3.05) is 10.8 Å². The molecule has 140 valence electrons. The van der Waals surface area contributed by atoms with Gasteiger partial charge in [-0.05, 0) is 56.7 Å². The maximum Gasteiger partial charge on any atom is 0.264 e. The second-order valence-corrected chi connectivity index (χ2v) is 8.48. The zero-order valence-corrected chi connectivity index (χ0v) is 16.6. The van der Waals surface area contributed by atoms with Gasteiger partial charge in [0.25, 0.3) is 10.0 Å². The van der Waals surface area contributed by atoms with E-state index in [1.54, 1.807) is 12.1 Å². The smallest absolute Gasteiger partial charge is 0.264 e. The van der Waals surface area contributed by atoms with Gasteiger partial charge in [-0.25, -0.2) is 8.42 Å². The van der Waals surface area contributed by atoms with Crippen LogP contribution in [-0.2, 0) is 14.8 Å². The third-order valence-corrected chi connectivity index (χ3v) is 6.07. The van der Waals surface area contributed by atoms with Crippen molar-refractivity contribution in [3.63, 3.8) is 0 Å². The quantitative estimate of drug-likeness (QED) is 0.777. The predicted octanol–water partition coefficient (Wildman–Crippen LogP) is 3.76.